The van der Waals surface area contributed by atoms with E-state index in [2.05, 4.69) is 19.9 Å². The maximum Gasteiger partial charge on any atom is 0.254 e. The lowest BCUT2D eigenvalue weighted by Gasteiger charge is -2.43. The summed E-state index contributed by atoms with van der Waals surface area (Å²) in [5, 5.41) is 1.02. The zero-order valence-corrected chi connectivity index (χ0v) is 15.5. The van der Waals surface area contributed by atoms with Crippen molar-refractivity contribution in [2.75, 3.05) is 31.3 Å². The Morgan fingerprint density at radius 3 is 2.96 bits per heavy atom. The smallest absolute Gasteiger partial charge is 0.254 e. The third-order valence-corrected chi connectivity index (χ3v) is 5.69. The van der Waals surface area contributed by atoms with Crippen molar-refractivity contribution in [3.8, 4) is 5.75 Å². The zero-order valence-electron chi connectivity index (χ0n) is 15.5. The third-order valence-electron chi connectivity index (χ3n) is 5.69. The zero-order chi connectivity index (χ0) is 19.1. The lowest BCUT2D eigenvalue weighted by molar-refractivity contribution is 0.0624. The number of nitrogens with one attached hydrogen (secondary N) is 1. The Labute approximate surface area is 162 Å². The van der Waals surface area contributed by atoms with E-state index in [1.54, 1.807) is 12.4 Å². The van der Waals surface area contributed by atoms with Crippen LogP contribution in [-0.2, 0) is 0 Å². The molecule has 3 N–H and O–H groups in total. The molecule has 2 aromatic heterocycles. The minimum Gasteiger partial charge on any atom is -0.479 e. The molecule has 0 bridgehead atoms. The van der Waals surface area contributed by atoms with Crippen molar-refractivity contribution >= 4 is 22.8 Å². The highest BCUT2D eigenvalue weighted by molar-refractivity contribution is 5.96. The van der Waals surface area contributed by atoms with Gasteiger partial charge in [0.05, 0.1) is 10.9 Å². The van der Waals surface area contributed by atoms with Crippen molar-refractivity contribution in [1.82, 2.24) is 19.9 Å². The standard InChI is InChI=1S/C20H22N6O2/c21-12-28-15-3-1-2-14(10-15)19(27)26-9-8-25(11-20(26)5-6-20)18-16-4-7-22-17(16)23-13-24-18/h1-4,7,10,13H,5-6,8-9,11-12,21H2,(H,22,23,24). The van der Waals surface area contributed by atoms with Gasteiger partial charge in [-0.15, -0.1) is 0 Å². The van der Waals surface area contributed by atoms with Gasteiger partial charge in [-0.1, -0.05) is 6.07 Å². The summed E-state index contributed by atoms with van der Waals surface area (Å²) < 4.78 is 5.34. The van der Waals surface area contributed by atoms with Gasteiger partial charge in [0, 0.05) is 31.4 Å². The number of hydrogen-bond acceptors (Lipinski definition) is 6. The average Bonchev–Trinajstić information content (AvgIpc) is 3.30. The molecule has 2 aliphatic rings. The largest absolute Gasteiger partial charge is 0.479 e. The molecule has 1 spiro atoms. The molecule has 0 radical (unpaired) electrons. The number of rotatable bonds is 4. The minimum atomic E-state index is -0.117. The Bertz CT molecular complexity index is 1030. The molecule has 0 unspecified atom stereocenters. The first-order chi connectivity index (χ1) is 13.7. The number of anilines is 1. The monoisotopic (exact) mass is 378 g/mol. The third kappa shape index (κ3) is 2.77. The van der Waals surface area contributed by atoms with Crippen LogP contribution >= 0.6 is 0 Å². The van der Waals surface area contributed by atoms with Crippen LogP contribution in [-0.4, -0.2) is 57.7 Å². The number of benzene rings is 1. The molecule has 28 heavy (non-hydrogen) atoms. The van der Waals surface area contributed by atoms with E-state index in [-0.39, 0.29) is 18.2 Å². The van der Waals surface area contributed by atoms with Gasteiger partial charge < -0.3 is 19.5 Å². The van der Waals surface area contributed by atoms with Gasteiger partial charge in [0.1, 0.15) is 30.3 Å². The molecular weight excluding hydrogens is 356 g/mol. The van der Waals surface area contributed by atoms with Gasteiger partial charge in [-0.3, -0.25) is 10.5 Å². The highest BCUT2D eigenvalue weighted by atomic mass is 16.5. The topological polar surface area (TPSA) is 100 Å². The molecule has 1 saturated heterocycles. The predicted octanol–water partition coefficient (Wildman–Crippen LogP) is 1.75. The number of hydrogen-bond donors (Lipinski definition) is 2. The number of carbonyl (C=O) groups excluding carboxylic acids is 1. The Morgan fingerprint density at radius 2 is 2.14 bits per heavy atom. The van der Waals surface area contributed by atoms with Crippen LogP contribution in [0.5, 0.6) is 5.75 Å². The molecule has 5 rings (SSSR count). The number of aromatic nitrogens is 3. The van der Waals surface area contributed by atoms with E-state index in [4.69, 9.17) is 10.5 Å². The van der Waals surface area contributed by atoms with Crippen LogP contribution in [0, 0.1) is 0 Å². The summed E-state index contributed by atoms with van der Waals surface area (Å²) in [6, 6.07) is 9.25. The van der Waals surface area contributed by atoms with Gasteiger partial charge in [0.2, 0.25) is 0 Å². The second kappa shape index (κ2) is 6.49. The lowest BCUT2D eigenvalue weighted by Crippen LogP contribution is -2.57. The second-order valence-electron chi connectivity index (χ2n) is 7.38. The molecule has 1 saturated carbocycles. The number of nitrogens with zero attached hydrogens (tertiary/aromatic N) is 4. The second-order valence-corrected chi connectivity index (χ2v) is 7.38. The van der Waals surface area contributed by atoms with Crippen LogP contribution in [0.1, 0.15) is 23.2 Å². The average molecular weight is 378 g/mol. The maximum atomic E-state index is 13.2. The van der Waals surface area contributed by atoms with Gasteiger partial charge in [-0.25, -0.2) is 9.97 Å². The Hall–Kier alpha value is -3.13. The van der Waals surface area contributed by atoms with Crippen LogP contribution < -0.4 is 15.4 Å². The number of ether oxygens (including phenoxy) is 1. The molecule has 1 aliphatic heterocycles. The van der Waals surface area contributed by atoms with Crippen molar-refractivity contribution in [2.24, 2.45) is 5.73 Å². The normalized spacial score (nSPS) is 17.9. The fraction of sp³-hybridized carbons (Fsp3) is 0.350. The first-order valence-corrected chi connectivity index (χ1v) is 9.48. The van der Waals surface area contributed by atoms with E-state index in [1.807, 2.05) is 35.4 Å². The first kappa shape index (κ1) is 17.0. The van der Waals surface area contributed by atoms with E-state index < -0.39 is 0 Å². The number of piperazine rings is 1. The van der Waals surface area contributed by atoms with Gasteiger partial charge in [-0.05, 0) is 37.1 Å². The SMILES string of the molecule is NCOc1cccc(C(=O)N2CCN(c3ncnc4[nH]ccc34)CC23CC3)c1. The molecule has 1 amide bonds. The summed E-state index contributed by atoms with van der Waals surface area (Å²) in [6.45, 7) is 2.28. The predicted molar refractivity (Wildman–Crippen MR) is 105 cm³/mol. The van der Waals surface area contributed by atoms with E-state index in [0.29, 0.717) is 17.9 Å². The van der Waals surface area contributed by atoms with Gasteiger partial charge >= 0.3 is 0 Å². The van der Waals surface area contributed by atoms with Crippen LogP contribution in [0.3, 0.4) is 0 Å². The van der Waals surface area contributed by atoms with Crippen molar-refractivity contribution < 1.29 is 9.53 Å². The van der Waals surface area contributed by atoms with Gasteiger partial charge in [0.15, 0.2) is 0 Å². The molecule has 1 aromatic carbocycles. The van der Waals surface area contributed by atoms with Crippen LogP contribution in [0.15, 0.2) is 42.9 Å². The molecule has 1 aliphatic carbocycles. The fourth-order valence-corrected chi connectivity index (χ4v) is 4.13. The molecule has 144 valence electrons. The maximum absolute atomic E-state index is 13.2. The molecular formula is C20H22N6O2. The van der Waals surface area contributed by atoms with Gasteiger partial charge in [0.25, 0.3) is 5.91 Å². The van der Waals surface area contributed by atoms with Crippen molar-refractivity contribution in [2.45, 2.75) is 18.4 Å². The number of amides is 1. The van der Waals surface area contributed by atoms with E-state index in [9.17, 15) is 4.79 Å². The van der Waals surface area contributed by atoms with E-state index >= 15 is 0 Å². The number of carbonyl (C=O) groups is 1. The summed E-state index contributed by atoms with van der Waals surface area (Å²) in [6.07, 6.45) is 5.49. The van der Waals surface area contributed by atoms with E-state index in [0.717, 1.165) is 42.8 Å². The van der Waals surface area contributed by atoms with Crippen LogP contribution in [0.4, 0.5) is 5.82 Å². The molecule has 2 fully saturated rings. The minimum absolute atomic E-state index is 0.0501. The summed E-state index contributed by atoms with van der Waals surface area (Å²) in [4.78, 5) is 29.5. The number of fused-ring (bicyclic) bond motifs is 1. The summed E-state index contributed by atoms with van der Waals surface area (Å²) in [5.41, 5.74) is 6.81. The highest BCUT2D eigenvalue weighted by Gasteiger charge is 2.53. The van der Waals surface area contributed by atoms with Crippen molar-refractivity contribution in [1.29, 1.82) is 0 Å². The molecule has 8 nitrogen and oxygen atoms in total. The van der Waals surface area contributed by atoms with Gasteiger partial charge in [-0.2, -0.15) is 0 Å². The summed E-state index contributed by atoms with van der Waals surface area (Å²) in [5.74, 6) is 1.60. The molecule has 8 heteroatoms. The Balaban J connectivity index is 1.39. The van der Waals surface area contributed by atoms with Crippen LogP contribution in [0.25, 0.3) is 11.0 Å². The number of aromatic amines is 1. The van der Waals surface area contributed by atoms with E-state index in [1.165, 1.54) is 0 Å². The van der Waals surface area contributed by atoms with Crippen LogP contribution in [0.2, 0.25) is 0 Å². The lowest BCUT2D eigenvalue weighted by atomic mass is 10.1. The molecule has 3 aromatic rings. The number of H-pyrrole nitrogens is 1. The molecule has 3 heterocycles. The summed E-state index contributed by atoms with van der Waals surface area (Å²) in [7, 11) is 0. The quantitative estimate of drug-likeness (QED) is 0.671. The fourth-order valence-electron chi connectivity index (χ4n) is 4.13. The number of nitrogens with two attached hydrogens (primary N) is 1. The Morgan fingerprint density at radius 1 is 1.25 bits per heavy atom. The van der Waals surface area contributed by atoms with Crippen molar-refractivity contribution in [3.63, 3.8) is 0 Å². The molecule has 0 atom stereocenters. The Kier molecular flexibility index (Phi) is 3.94. The highest BCUT2D eigenvalue weighted by Crippen LogP contribution is 2.46. The van der Waals surface area contributed by atoms with Crippen molar-refractivity contribution in [3.05, 3.63) is 48.4 Å². The summed E-state index contributed by atoms with van der Waals surface area (Å²) >= 11 is 0. The first-order valence-electron chi connectivity index (χ1n) is 9.48.